The first-order valence-corrected chi connectivity index (χ1v) is 8.55. The zero-order valence-electron chi connectivity index (χ0n) is 15.0. The standard InChI is InChI=1S/C20H21BN2O2/c1-19(2)20(3,4)25-21(24-19)17-15-12-8-9-13-16(15)22-18(23-17)14-10-6-5-7-11-14/h5-13H,1-4H3. The zero-order chi connectivity index (χ0) is 17.7. The van der Waals surface area contributed by atoms with Crippen molar-refractivity contribution < 1.29 is 9.31 Å². The van der Waals surface area contributed by atoms with Crippen molar-refractivity contribution in [2.75, 3.05) is 0 Å². The molecule has 0 unspecified atom stereocenters. The van der Waals surface area contributed by atoms with Crippen LogP contribution in [0, 0.1) is 0 Å². The van der Waals surface area contributed by atoms with E-state index < -0.39 is 18.3 Å². The Hall–Kier alpha value is -2.24. The molecule has 4 rings (SSSR count). The summed E-state index contributed by atoms with van der Waals surface area (Å²) in [6.07, 6.45) is 0. The number of rotatable bonds is 2. The fraction of sp³-hybridized carbons (Fsp3) is 0.300. The Morgan fingerprint density at radius 2 is 1.36 bits per heavy atom. The molecule has 0 amide bonds. The van der Waals surface area contributed by atoms with Crippen LogP contribution in [-0.4, -0.2) is 28.3 Å². The van der Waals surface area contributed by atoms with Gasteiger partial charge < -0.3 is 9.31 Å². The molecule has 3 aromatic rings. The van der Waals surface area contributed by atoms with Gasteiger partial charge in [-0.05, 0) is 33.8 Å². The Morgan fingerprint density at radius 1 is 0.760 bits per heavy atom. The fourth-order valence-corrected chi connectivity index (χ4v) is 2.95. The van der Waals surface area contributed by atoms with E-state index in [4.69, 9.17) is 19.3 Å². The predicted molar refractivity (Wildman–Crippen MR) is 101 cm³/mol. The van der Waals surface area contributed by atoms with Crippen molar-refractivity contribution in [1.29, 1.82) is 0 Å². The number of aromatic nitrogens is 2. The molecule has 1 aromatic heterocycles. The van der Waals surface area contributed by atoms with E-state index in [1.165, 1.54) is 0 Å². The first-order valence-electron chi connectivity index (χ1n) is 8.55. The zero-order valence-corrected chi connectivity index (χ0v) is 15.0. The Kier molecular flexibility index (Phi) is 3.67. The molecular weight excluding hydrogens is 311 g/mol. The lowest BCUT2D eigenvalue weighted by Crippen LogP contribution is -2.41. The summed E-state index contributed by atoms with van der Waals surface area (Å²) in [4.78, 5) is 9.55. The summed E-state index contributed by atoms with van der Waals surface area (Å²) >= 11 is 0. The monoisotopic (exact) mass is 332 g/mol. The van der Waals surface area contributed by atoms with Crippen LogP contribution in [-0.2, 0) is 9.31 Å². The van der Waals surface area contributed by atoms with Gasteiger partial charge >= 0.3 is 7.12 Å². The lowest BCUT2D eigenvalue weighted by molar-refractivity contribution is 0.00578. The summed E-state index contributed by atoms with van der Waals surface area (Å²) < 4.78 is 12.5. The second-order valence-electron chi connectivity index (χ2n) is 7.40. The molecule has 1 saturated heterocycles. The number of benzene rings is 2. The number of nitrogens with zero attached hydrogens (tertiary/aromatic N) is 2. The summed E-state index contributed by atoms with van der Waals surface area (Å²) in [7, 11) is -0.514. The number of para-hydroxylation sites is 1. The summed E-state index contributed by atoms with van der Waals surface area (Å²) in [6.45, 7) is 8.20. The van der Waals surface area contributed by atoms with E-state index in [1.54, 1.807) is 0 Å². The highest BCUT2D eigenvalue weighted by atomic mass is 16.7. The second-order valence-corrected chi connectivity index (χ2v) is 7.40. The SMILES string of the molecule is CC1(C)OB(c2nc(-c3ccccc3)nc3ccccc23)OC1(C)C. The highest BCUT2D eigenvalue weighted by Gasteiger charge is 2.52. The third kappa shape index (κ3) is 2.73. The fourth-order valence-electron chi connectivity index (χ4n) is 2.95. The Morgan fingerprint density at radius 3 is 2.04 bits per heavy atom. The maximum Gasteiger partial charge on any atom is 0.515 e. The van der Waals surface area contributed by atoms with Gasteiger partial charge in [-0.3, -0.25) is 0 Å². The Bertz CT molecular complexity index is 909. The maximum absolute atomic E-state index is 6.24. The van der Waals surface area contributed by atoms with E-state index in [0.717, 1.165) is 22.1 Å². The molecular formula is C20H21BN2O2. The first-order chi connectivity index (χ1) is 11.9. The van der Waals surface area contributed by atoms with Gasteiger partial charge in [0, 0.05) is 10.9 Å². The van der Waals surface area contributed by atoms with Crippen molar-refractivity contribution in [2.24, 2.45) is 0 Å². The molecule has 0 bridgehead atoms. The molecule has 5 heteroatoms. The second kappa shape index (κ2) is 5.65. The Balaban J connectivity index is 1.89. The number of hydrogen-bond donors (Lipinski definition) is 0. The van der Waals surface area contributed by atoms with E-state index in [2.05, 4.69) is 27.7 Å². The minimum absolute atomic E-state index is 0.406. The molecule has 0 aliphatic carbocycles. The summed E-state index contributed by atoms with van der Waals surface area (Å²) in [5, 5.41) is 0.959. The van der Waals surface area contributed by atoms with Crippen LogP contribution < -0.4 is 5.59 Å². The summed E-state index contributed by atoms with van der Waals surface area (Å²) in [6, 6.07) is 18.0. The van der Waals surface area contributed by atoms with Gasteiger partial charge in [-0.25, -0.2) is 9.97 Å². The average Bonchev–Trinajstić information content (AvgIpc) is 2.82. The molecule has 2 heterocycles. The molecule has 0 radical (unpaired) electrons. The molecule has 0 saturated carbocycles. The summed E-state index contributed by atoms with van der Waals surface area (Å²) in [5.41, 5.74) is 1.84. The van der Waals surface area contributed by atoms with Crippen molar-refractivity contribution in [1.82, 2.24) is 9.97 Å². The van der Waals surface area contributed by atoms with E-state index in [9.17, 15) is 0 Å². The number of fused-ring (bicyclic) bond motifs is 1. The molecule has 2 aromatic carbocycles. The molecule has 126 valence electrons. The van der Waals surface area contributed by atoms with E-state index >= 15 is 0 Å². The van der Waals surface area contributed by atoms with Gasteiger partial charge in [-0.15, -0.1) is 0 Å². The Labute approximate surface area is 148 Å². The normalized spacial score (nSPS) is 18.6. The highest BCUT2D eigenvalue weighted by molar-refractivity contribution is 6.64. The van der Waals surface area contributed by atoms with Crippen LogP contribution in [0.25, 0.3) is 22.3 Å². The lowest BCUT2D eigenvalue weighted by atomic mass is 9.81. The highest BCUT2D eigenvalue weighted by Crippen LogP contribution is 2.37. The van der Waals surface area contributed by atoms with Crippen molar-refractivity contribution in [3.63, 3.8) is 0 Å². The minimum atomic E-state index is -0.514. The van der Waals surface area contributed by atoms with Crippen LogP contribution in [0.5, 0.6) is 0 Å². The van der Waals surface area contributed by atoms with E-state index in [0.29, 0.717) is 5.82 Å². The molecule has 0 N–H and O–H groups in total. The third-order valence-electron chi connectivity index (χ3n) is 5.14. The summed E-state index contributed by atoms with van der Waals surface area (Å²) in [5.74, 6) is 0.684. The van der Waals surface area contributed by atoms with Crippen molar-refractivity contribution in [3.05, 3.63) is 54.6 Å². The molecule has 1 aliphatic heterocycles. The maximum atomic E-state index is 6.24. The predicted octanol–water partition coefficient (Wildman–Crippen LogP) is 3.60. The van der Waals surface area contributed by atoms with Crippen molar-refractivity contribution in [2.45, 2.75) is 38.9 Å². The van der Waals surface area contributed by atoms with Gasteiger partial charge in [0.25, 0.3) is 0 Å². The van der Waals surface area contributed by atoms with Crippen LogP contribution in [0.15, 0.2) is 54.6 Å². The van der Waals surface area contributed by atoms with Crippen LogP contribution in [0.4, 0.5) is 0 Å². The van der Waals surface area contributed by atoms with Gasteiger partial charge in [0.1, 0.15) is 0 Å². The quantitative estimate of drug-likeness (QED) is 0.673. The minimum Gasteiger partial charge on any atom is -0.398 e. The van der Waals surface area contributed by atoms with Crippen LogP contribution >= 0.6 is 0 Å². The van der Waals surface area contributed by atoms with Gasteiger partial charge in [0.05, 0.1) is 22.3 Å². The molecule has 1 aliphatic rings. The van der Waals surface area contributed by atoms with Crippen molar-refractivity contribution in [3.8, 4) is 11.4 Å². The molecule has 4 nitrogen and oxygen atoms in total. The first kappa shape index (κ1) is 16.2. The van der Waals surface area contributed by atoms with Gasteiger partial charge in [0.15, 0.2) is 5.82 Å². The van der Waals surface area contributed by atoms with Gasteiger partial charge in [-0.1, -0.05) is 48.5 Å². The van der Waals surface area contributed by atoms with Crippen LogP contribution in [0.3, 0.4) is 0 Å². The number of hydrogen-bond acceptors (Lipinski definition) is 4. The van der Waals surface area contributed by atoms with Gasteiger partial charge in [-0.2, -0.15) is 0 Å². The average molecular weight is 332 g/mol. The molecule has 1 fully saturated rings. The molecule has 25 heavy (non-hydrogen) atoms. The molecule has 0 spiro atoms. The third-order valence-corrected chi connectivity index (χ3v) is 5.14. The van der Waals surface area contributed by atoms with E-state index in [1.807, 2.05) is 54.6 Å². The van der Waals surface area contributed by atoms with Crippen LogP contribution in [0.1, 0.15) is 27.7 Å². The van der Waals surface area contributed by atoms with Gasteiger partial charge in [0.2, 0.25) is 0 Å². The largest absolute Gasteiger partial charge is 0.515 e. The van der Waals surface area contributed by atoms with Crippen molar-refractivity contribution >= 4 is 23.6 Å². The smallest absolute Gasteiger partial charge is 0.398 e. The lowest BCUT2D eigenvalue weighted by Gasteiger charge is -2.32. The topological polar surface area (TPSA) is 44.2 Å². The van der Waals surface area contributed by atoms with Crippen LogP contribution in [0.2, 0.25) is 0 Å². The molecule has 0 atom stereocenters. The van der Waals surface area contributed by atoms with E-state index in [-0.39, 0.29) is 0 Å².